The molecule has 19 heavy (non-hydrogen) atoms. The fourth-order valence-corrected chi connectivity index (χ4v) is 3.71. The van der Waals surface area contributed by atoms with E-state index in [0.717, 1.165) is 24.8 Å². The maximum atomic E-state index is 12.2. The molecule has 2 rings (SSSR count). The molecule has 1 saturated heterocycles. The van der Waals surface area contributed by atoms with E-state index in [1.54, 1.807) is 12.1 Å². The molecule has 106 valence electrons. The average Bonchev–Trinajstić information content (AvgIpc) is 2.47. The fraction of sp³-hybridized carbons (Fsp3) is 0.538. The predicted molar refractivity (Wildman–Crippen MR) is 73.7 cm³/mol. The number of rotatable bonds is 5. The van der Waals surface area contributed by atoms with E-state index in [2.05, 4.69) is 4.72 Å². The van der Waals surface area contributed by atoms with Gasteiger partial charge >= 0.3 is 0 Å². The SMILES string of the molecule is O=S(=O)(N[C@H](CO)c1ccccc1)N1CCCCC1. The zero-order chi connectivity index (χ0) is 13.7. The maximum absolute atomic E-state index is 12.2. The summed E-state index contributed by atoms with van der Waals surface area (Å²) >= 11 is 0. The number of hydrogen-bond acceptors (Lipinski definition) is 3. The summed E-state index contributed by atoms with van der Waals surface area (Å²) in [7, 11) is -3.52. The molecular formula is C13H20N2O3S. The van der Waals surface area contributed by atoms with Gasteiger partial charge in [-0.1, -0.05) is 36.8 Å². The Hall–Kier alpha value is -0.950. The molecule has 0 unspecified atom stereocenters. The molecule has 1 heterocycles. The van der Waals surface area contributed by atoms with Crippen molar-refractivity contribution in [3.63, 3.8) is 0 Å². The lowest BCUT2D eigenvalue weighted by molar-refractivity contribution is 0.254. The van der Waals surface area contributed by atoms with E-state index in [1.165, 1.54) is 4.31 Å². The minimum absolute atomic E-state index is 0.253. The summed E-state index contributed by atoms with van der Waals surface area (Å²) < 4.78 is 28.5. The molecular weight excluding hydrogens is 264 g/mol. The number of benzene rings is 1. The Morgan fingerprint density at radius 2 is 1.79 bits per heavy atom. The molecule has 6 heteroatoms. The quantitative estimate of drug-likeness (QED) is 0.849. The third kappa shape index (κ3) is 3.76. The number of aliphatic hydroxyl groups is 1. The van der Waals surface area contributed by atoms with Crippen LogP contribution >= 0.6 is 0 Å². The standard InChI is InChI=1S/C13H20N2O3S/c16-11-13(12-7-3-1-4-8-12)14-19(17,18)15-9-5-2-6-10-15/h1,3-4,7-8,13-14,16H,2,5-6,9-11H2/t13-/m1/s1. The van der Waals surface area contributed by atoms with Gasteiger partial charge in [-0.3, -0.25) is 0 Å². The summed E-state index contributed by atoms with van der Waals surface area (Å²) in [5.74, 6) is 0. The second-order valence-electron chi connectivity index (χ2n) is 4.73. The number of piperidine rings is 1. The van der Waals surface area contributed by atoms with Crippen molar-refractivity contribution >= 4 is 10.2 Å². The Labute approximate surface area is 114 Å². The molecule has 0 radical (unpaired) electrons. The van der Waals surface area contributed by atoms with Crippen LogP contribution in [-0.4, -0.2) is 37.5 Å². The normalized spacial score (nSPS) is 19.2. The molecule has 1 fully saturated rings. The minimum Gasteiger partial charge on any atom is -0.394 e. The lowest BCUT2D eigenvalue weighted by atomic mass is 10.1. The van der Waals surface area contributed by atoms with Crippen molar-refractivity contribution in [3.8, 4) is 0 Å². The van der Waals surface area contributed by atoms with Gasteiger partial charge in [0.1, 0.15) is 0 Å². The van der Waals surface area contributed by atoms with Crippen LogP contribution in [0.2, 0.25) is 0 Å². The lowest BCUT2D eigenvalue weighted by Crippen LogP contribution is -2.45. The first-order valence-corrected chi connectivity index (χ1v) is 8.01. The van der Waals surface area contributed by atoms with Gasteiger partial charge in [-0.25, -0.2) is 0 Å². The van der Waals surface area contributed by atoms with Gasteiger partial charge in [-0.15, -0.1) is 0 Å². The molecule has 1 aromatic rings. The minimum atomic E-state index is -3.52. The van der Waals surface area contributed by atoms with Crippen molar-refractivity contribution in [3.05, 3.63) is 35.9 Å². The molecule has 1 atom stereocenters. The number of nitrogens with one attached hydrogen (secondary N) is 1. The van der Waals surface area contributed by atoms with Crippen molar-refractivity contribution in [2.45, 2.75) is 25.3 Å². The van der Waals surface area contributed by atoms with E-state index in [9.17, 15) is 13.5 Å². The third-order valence-corrected chi connectivity index (χ3v) is 4.96. The van der Waals surface area contributed by atoms with E-state index in [1.807, 2.05) is 18.2 Å². The van der Waals surface area contributed by atoms with Crippen LogP contribution in [0.3, 0.4) is 0 Å². The summed E-state index contributed by atoms with van der Waals surface area (Å²) in [6.45, 7) is 0.863. The van der Waals surface area contributed by atoms with E-state index >= 15 is 0 Å². The van der Waals surface area contributed by atoms with E-state index < -0.39 is 16.3 Å². The molecule has 5 nitrogen and oxygen atoms in total. The molecule has 1 aliphatic heterocycles. The fourth-order valence-electron chi connectivity index (χ4n) is 2.26. The third-order valence-electron chi connectivity index (χ3n) is 3.33. The Balaban J connectivity index is 2.09. The molecule has 1 aromatic carbocycles. The van der Waals surface area contributed by atoms with E-state index in [-0.39, 0.29) is 6.61 Å². The van der Waals surface area contributed by atoms with Crippen LogP contribution in [0.5, 0.6) is 0 Å². The van der Waals surface area contributed by atoms with Crippen molar-refractivity contribution < 1.29 is 13.5 Å². The van der Waals surface area contributed by atoms with Crippen LogP contribution in [0.25, 0.3) is 0 Å². The monoisotopic (exact) mass is 284 g/mol. The van der Waals surface area contributed by atoms with Crippen LogP contribution in [0.4, 0.5) is 0 Å². The second-order valence-corrected chi connectivity index (χ2v) is 6.43. The van der Waals surface area contributed by atoms with E-state index in [0.29, 0.717) is 13.1 Å². The van der Waals surface area contributed by atoms with Crippen LogP contribution in [0.15, 0.2) is 30.3 Å². The zero-order valence-electron chi connectivity index (χ0n) is 10.8. The van der Waals surface area contributed by atoms with Gasteiger partial charge in [0.25, 0.3) is 10.2 Å². The molecule has 0 saturated carbocycles. The molecule has 1 aliphatic rings. The van der Waals surface area contributed by atoms with Crippen LogP contribution in [0.1, 0.15) is 30.9 Å². The summed E-state index contributed by atoms with van der Waals surface area (Å²) in [5.41, 5.74) is 0.769. The summed E-state index contributed by atoms with van der Waals surface area (Å²) in [4.78, 5) is 0. The Bertz CT molecular complexity index is 484. The van der Waals surface area contributed by atoms with Gasteiger partial charge in [0.05, 0.1) is 12.6 Å². The first-order valence-electron chi connectivity index (χ1n) is 6.56. The van der Waals surface area contributed by atoms with E-state index in [4.69, 9.17) is 0 Å². The topological polar surface area (TPSA) is 69.6 Å². The largest absolute Gasteiger partial charge is 0.394 e. The Morgan fingerprint density at radius 1 is 1.16 bits per heavy atom. The van der Waals surface area contributed by atoms with Crippen molar-refractivity contribution in [1.29, 1.82) is 0 Å². The first kappa shape index (κ1) is 14.5. The molecule has 0 aromatic heterocycles. The smallest absolute Gasteiger partial charge is 0.280 e. The maximum Gasteiger partial charge on any atom is 0.280 e. The molecule has 0 aliphatic carbocycles. The Kier molecular flexibility index (Phi) is 4.93. The highest BCUT2D eigenvalue weighted by Gasteiger charge is 2.26. The lowest BCUT2D eigenvalue weighted by Gasteiger charge is -2.28. The molecule has 0 spiro atoms. The second kappa shape index (κ2) is 6.47. The summed E-state index contributed by atoms with van der Waals surface area (Å²) in [6, 6.07) is 8.53. The number of aliphatic hydroxyl groups excluding tert-OH is 1. The van der Waals surface area contributed by atoms with Crippen molar-refractivity contribution in [2.75, 3.05) is 19.7 Å². The van der Waals surface area contributed by atoms with Gasteiger partial charge < -0.3 is 5.11 Å². The zero-order valence-corrected chi connectivity index (χ0v) is 11.6. The Morgan fingerprint density at radius 3 is 2.37 bits per heavy atom. The highest BCUT2D eigenvalue weighted by Crippen LogP contribution is 2.17. The first-order chi connectivity index (χ1) is 9.13. The predicted octanol–water partition coefficient (Wildman–Crippen LogP) is 1.04. The van der Waals surface area contributed by atoms with Gasteiger partial charge in [-0.2, -0.15) is 17.4 Å². The highest BCUT2D eigenvalue weighted by molar-refractivity contribution is 7.87. The van der Waals surface area contributed by atoms with Crippen LogP contribution < -0.4 is 4.72 Å². The number of nitrogens with zero attached hydrogens (tertiary/aromatic N) is 1. The summed E-state index contributed by atoms with van der Waals surface area (Å²) in [6.07, 6.45) is 2.88. The van der Waals surface area contributed by atoms with Gasteiger partial charge in [0.2, 0.25) is 0 Å². The van der Waals surface area contributed by atoms with Crippen molar-refractivity contribution in [2.24, 2.45) is 0 Å². The number of hydrogen-bond donors (Lipinski definition) is 2. The van der Waals surface area contributed by atoms with Crippen LogP contribution in [-0.2, 0) is 10.2 Å². The van der Waals surface area contributed by atoms with Crippen LogP contribution in [0, 0.1) is 0 Å². The van der Waals surface area contributed by atoms with Crippen molar-refractivity contribution in [1.82, 2.24) is 9.03 Å². The average molecular weight is 284 g/mol. The van der Waals surface area contributed by atoms with Gasteiger partial charge in [0, 0.05) is 13.1 Å². The molecule has 0 amide bonds. The molecule has 0 bridgehead atoms. The highest BCUT2D eigenvalue weighted by atomic mass is 32.2. The van der Waals surface area contributed by atoms with Gasteiger partial charge in [-0.05, 0) is 18.4 Å². The molecule has 2 N–H and O–H groups in total. The van der Waals surface area contributed by atoms with Gasteiger partial charge in [0.15, 0.2) is 0 Å². The summed E-state index contributed by atoms with van der Waals surface area (Å²) in [5, 5.41) is 9.40.